The first-order valence-electron chi connectivity index (χ1n) is 7.05. The van der Waals surface area contributed by atoms with Gasteiger partial charge in [0.15, 0.2) is 0 Å². The van der Waals surface area contributed by atoms with E-state index in [0.29, 0.717) is 23.1 Å². The van der Waals surface area contributed by atoms with Gasteiger partial charge in [0.25, 0.3) is 15.9 Å². The summed E-state index contributed by atoms with van der Waals surface area (Å²) in [5, 5.41) is 0. The van der Waals surface area contributed by atoms with Crippen LogP contribution in [0.2, 0.25) is 4.34 Å². The van der Waals surface area contributed by atoms with Crippen molar-refractivity contribution in [3.8, 4) is 0 Å². The van der Waals surface area contributed by atoms with Crippen LogP contribution in [-0.4, -0.2) is 54.3 Å². The molecule has 9 heteroatoms. The minimum atomic E-state index is -3.53. The maximum absolute atomic E-state index is 12.5. The molecule has 0 radical (unpaired) electrons. The maximum Gasteiger partial charge on any atom is 0.270 e. The third kappa shape index (κ3) is 3.16. The van der Waals surface area contributed by atoms with Crippen molar-refractivity contribution in [3.63, 3.8) is 0 Å². The van der Waals surface area contributed by atoms with Crippen LogP contribution in [0.1, 0.15) is 10.5 Å². The number of carbonyl (C=O) groups is 1. The number of amides is 1. The van der Waals surface area contributed by atoms with Gasteiger partial charge in [-0.2, -0.15) is 4.31 Å². The van der Waals surface area contributed by atoms with E-state index >= 15 is 0 Å². The summed E-state index contributed by atoms with van der Waals surface area (Å²) < 4.78 is 28.9. The quantitative estimate of drug-likeness (QED) is 0.825. The van der Waals surface area contributed by atoms with E-state index in [-0.39, 0.29) is 23.2 Å². The smallest absolute Gasteiger partial charge is 0.270 e. The van der Waals surface area contributed by atoms with E-state index in [1.165, 1.54) is 10.4 Å². The number of piperazine rings is 1. The Morgan fingerprint density at radius 3 is 2.39 bits per heavy atom. The van der Waals surface area contributed by atoms with Gasteiger partial charge >= 0.3 is 0 Å². The maximum atomic E-state index is 12.5. The van der Waals surface area contributed by atoms with Crippen molar-refractivity contribution in [1.82, 2.24) is 13.8 Å². The molecule has 1 amide bonds. The van der Waals surface area contributed by atoms with Crippen LogP contribution in [0.3, 0.4) is 0 Å². The lowest BCUT2D eigenvalue weighted by Crippen LogP contribution is -2.50. The average Bonchev–Trinajstić information content (AvgIpc) is 3.15. The number of aromatic nitrogens is 1. The van der Waals surface area contributed by atoms with Crippen LogP contribution < -0.4 is 0 Å². The van der Waals surface area contributed by atoms with Gasteiger partial charge in [0.05, 0.1) is 4.34 Å². The Bertz CT molecular complexity index is 820. The summed E-state index contributed by atoms with van der Waals surface area (Å²) in [5.41, 5.74) is 0.603. The van der Waals surface area contributed by atoms with E-state index in [2.05, 4.69) is 0 Å². The number of nitrogens with zero attached hydrogens (tertiary/aromatic N) is 3. The van der Waals surface area contributed by atoms with Gasteiger partial charge in [-0.15, -0.1) is 11.3 Å². The van der Waals surface area contributed by atoms with Crippen molar-refractivity contribution < 1.29 is 13.2 Å². The third-order valence-corrected chi connectivity index (χ3v) is 7.43. The topological polar surface area (TPSA) is 62.6 Å². The average molecular weight is 374 g/mol. The number of thiophene rings is 1. The third-order valence-electron chi connectivity index (χ3n) is 3.83. The van der Waals surface area contributed by atoms with Gasteiger partial charge in [0.1, 0.15) is 9.90 Å². The molecule has 2 aromatic rings. The first-order chi connectivity index (χ1) is 10.9. The zero-order valence-corrected chi connectivity index (χ0v) is 14.9. The van der Waals surface area contributed by atoms with Gasteiger partial charge < -0.3 is 9.47 Å². The monoisotopic (exact) mass is 373 g/mol. The Morgan fingerprint density at radius 1 is 1.17 bits per heavy atom. The highest BCUT2D eigenvalue weighted by Gasteiger charge is 2.31. The van der Waals surface area contributed by atoms with E-state index < -0.39 is 10.0 Å². The molecule has 124 valence electrons. The van der Waals surface area contributed by atoms with Crippen LogP contribution in [0.4, 0.5) is 0 Å². The molecule has 1 fully saturated rings. The predicted octanol–water partition coefficient (Wildman–Crippen LogP) is 1.89. The second-order valence-electron chi connectivity index (χ2n) is 5.26. The summed E-state index contributed by atoms with van der Waals surface area (Å²) in [7, 11) is -1.71. The van der Waals surface area contributed by atoms with Gasteiger partial charge in [-0.3, -0.25) is 4.79 Å². The number of sulfonamides is 1. The minimum Gasteiger partial charge on any atom is -0.347 e. The highest BCUT2D eigenvalue weighted by molar-refractivity contribution is 7.91. The van der Waals surface area contributed by atoms with Crippen LogP contribution >= 0.6 is 22.9 Å². The van der Waals surface area contributed by atoms with Crippen LogP contribution in [0.5, 0.6) is 0 Å². The summed E-state index contributed by atoms with van der Waals surface area (Å²) in [4.78, 5) is 14.1. The summed E-state index contributed by atoms with van der Waals surface area (Å²) in [6.45, 7) is 1.33. The first kappa shape index (κ1) is 16.5. The van der Waals surface area contributed by atoms with Gasteiger partial charge in [-0.1, -0.05) is 11.6 Å². The Labute approximate surface area is 143 Å². The summed E-state index contributed by atoms with van der Waals surface area (Å²) in [6, 6.07) is 6.67. The Balaban J connectivity index is 1.69. The molecule has 0 spiro atoms. The first-order valence-corrected chi connectivity index (χ1v) is 9.69. The Morgan fingerprint density at radius 2 is 1.87 bits per heavy atom. The van der Waals surface area contributed by atoms with Crippen molar-refractivity contribution in [1.29, 1.82) is 0 Å². The molecule has 0 unspecified atom stereocenters. The van der Waals surface area contributed by atoms with E-state index in [0.717, 1.165) is 11.3 Å². The minimum absolute atomic E-state index is 0.0753. The molecule has 0 aliphatic carbocycles. The van der Waals surface area contributed by atoms with E-state index in [4.69, 9.17) is 11.6 Å². The zero-order chi connectivity index (χ0) is 16.6. The van der Waals surface area contributed by atoms with Gasteiger partial charge in [0.2, 0.25) is 0 Å². The van der Waals surface area contributed by atoms with Crippen molar-refractivity contribution in [2.75, 3.05) is 26.2 Å². The molecule has 1 aliphatic heterocycles. The lowest BCUT2D eigenvalue weighted by atomic mass is 10.3. The molecule has 0 saturated carbocycles. The molecule has 23 heavy (non-hydrogen) atoms. The molecule has 3 heterocycles. The molecule has 0 bridgehead atoms. The van der Waals surface area contributed by atoms with Crippen LogP contribution in [0.25, 0.3) is 0 Å². The number of rotatable bonds is 3. The van der Waals surface area contributed by atoms with E-state index in [9.17, 15) is 13.2 Å². The molecule has 0 atom stereocenters. The fourth-order valence-corrected chi connectivity index (χ4v) is 5.60. The van der Waals surface area contributed by atoms with E-state index in [1.54, 1.807) is 21.6 Å². The summed E-state index contributed by atoms with van der Waals surface area (Å²) in [6.07, 6.45) is 1.81. The van der Waals surface area contributed by atoms with Gasteiger partial charge in [-0.25, -0.2) is 8.42 Å². The van der Waals surface area contributed by atoms with Crippen molar-refractivity contribution in [2.45, 2.75) is 4.21 Å². The fourth-order valence-electron chi connectivity index (χ4n) is 2.54. The molecule has 2 aromatic heterocycles. The predicted molar refractivity (Wildman–Crippen MR) is 89.4 cm³/mol. The second-order valence-corrected chi connectivity index (χ2v) is 9.14. The van der Waals surface area contributed by atoms with Crippen molar-refractivity contribution >= 4 is 38.9 Å². The largest absolute Gasteiger partial charge is 0.347 e. The van der Waals surface area contributed by atoms with Crippen molar-refractivity contribution in [2.24, 2.45) is 7.05 Å². The second kappa shape index (κ2) is 6.27. The molecule has 3 rings (SSSR count). The van der Waals surface area contributed by atoms with Crippen LogP contribution in [0.15, 0.2) is 34.7 Å². The number of carbonyl (C=O) groups excluding carboxylic acids is 1. The fraction of sp³-hybridized carbons (Fsp3) is 0.357. The number of hydrogen-bond donors (Lipinski definition) is 0. The number of halogens is 1. The Kier molecular flexibility index (Phi) is 4.50. The molecule has 1 saturated heterocycles. The van der Waals surface area contributed by atoms with Gasteiger partial charge in [0, 0.05) is 39.4 Å². The summed E-state index contributed by atoms with van der Waals surface area (Å²) >= 11 is 6.87. The molecule has 6 nitrogen and oxygen atoms in total. The molecule has 1 aliphatic rings. The molecular weight excluding hydrogens is 358 g/mol. The van der Waals surface area contributed by atoms with Gasteiger partial charge in [-0.05, 0) is 24.3 Å². The summed E-state index contributed by atoms with van der Waals surface area (Å²) in [5.74, 6) is -0.0753. The Hall–Kier alpha value is -1.35. The van der Waals surface area contributed by atoms with Crippen molar-refractivity contribution in [3.05, 3.63) is 40.5 Å². The molecule has 0 aromatic carbocycles. The molecular formula is C14H16ClN3O3S2. The van der Waals surface area contributed by atoms with Crippen LogP contribution in [-0.2, 0) is 17.1 Å². The highest BCUT2D eigenvalue weighted by Crippen LogP contribution is 2.28. The number of aryl methyl sites for hydroxylation is 1. The van der Waals surface area contributed by atoms with E-state index in [1.807, 2.05) is 19.3 Å². The highest BCUT2D eigenvalue weighted by atomic mass is 35.5. The number of hydrogen-bond acceptors (Lipinski definition) is 4. The lowest BCUT2D eigenvalue weighted by Gasteiger charge is -2.33. The zero-order valence-electron chi connectivity index (χ0n) is 12.5. The molecule has 0 N–H and O–H groups in total. The SMILES string of the molecule is Cn1cccc1C(=O)N1CCN(S(=O)(=O)c2ccc(Cl)s2)CC1. The normalized spacial score (nSPS) is 16.7. The lowest BCUT2D eigenvalue weighted by molar-refractivity contribution is 0.0688. The van der Waals surface area contributed by atoms with Crippen LogP contribution in [0, 0.1) is 0 Å². The standard InChI is InChI=1S/C14H16ClN3O3S2/c1-16-6-2-3-11(16)14(19)17-7-9-18(10-8-17)23(20,21)13-5-4-12(15)22-13/h2-6H,7-10H2,1H3.